The van der Waals surface area contributed by atoms with Crippen molar-refractivity contribution >= 4 is 217 Å². The van der Waals surface area contributed by atoms with Crippen LogP contribution in [0.25, 0.3) is 43.6 Å². The quantitative estimate of drug-likeness (QED) is 0.0294. The summed E-state index contributed by atoms with van der Waals surface area (Å²) in [6.07, 6.45) is 22.9. The third-order valence-corrected chi connectivity index (χ3v) is 52.4. The molecule has 0 radical (unpaired) electrons. The molecule has 6 aromatic carbocycles. The molecule has 0 spiro atoms. The molecule has 98 heavy (non-hydrogen) atoms. The van der Waals surface area contributed by atoms with E-state index in [-0.39, 0.29) is 10.2 Å². The molecule has 23 heteroatoms. The maximum atomic E-state index is 13.9. The Morgan fingerprint density at radius 1 is 0.449 bits per heavy atom. The summed E-state index contributed by atoms with van der Waals surface area (Å²) < 4.78 is 88.9. The Morgan fingerprint density at radius 2 is 0.816 bits per heavy atom. The van der Waals surface area contributed by atoms with Gasteiger partial charge in [-0.05, 0) is 125 Å². The molecule has 0 saturated heterocycles. The molecule has 10 aromatic rings. The van der Waals surface area contributed by atoms with Crippen LogP contribution in [0.1, 0.15) is 130 Å². The molecule has 10 rings (SSSR count). The molecular formula is C75H101Cl3I4N4O8S2Sn2. The average Bonchev–Trinajstić information content (AvgIpc) is 1.59. The average molecular weight is 2100 g/mol. The number of hydrogen-bond acceptors (Lipinski definition) is 8. The van der Waals surface area contributed by atoms with E-state index in [0.717, 1.165) is 59.3 Å². The van der Waals surface area contributed by atoms with Crippen molar-refractivity contribution in [2.45, 2.75) is 169 Å². The van der Waals surface area contributed by atoms with Crippen molar-refractivity contribution in [3.8, 4) is 23.0 Å². The number of ether oxygens (including phenoxy) is 4. The summed E-state index contributed by atoms with van der Waals surface area (Å²) in [6.45, 7) is 17.5. The molecule has 0 aliphatic heterocycles. The number of benzene rings is 6. The number of nitrogens with zero attached hydrogens (tertiary/aromatic N) is 2. The van der Waals surface area contributed by atoms with Crippen LogP contribution < -0.4 is 22.5 Å². The van der Waals surface area contributed by atoms with Gasteiger partial charge in [0, 0.05) is 90.2 Å². The number of methoxy groups -OCH3 is 4. The van der Waals surface area contributed by atoms with Gasteiger partial charge >= 0.3 is 310 Å². The number of hydrogen-bond donors (Lipinski definition) is 2. The Balaban J connectivity index is 0.000000273. The van der Waals surface area contributed by atoms with Crippen molar-refractivity contribution in [2.75, 3.05) is 33.8 Å². The molecule has 12 nitrogen and oxygen atoms in total. The van der Waals surface area contributed by atoms with Crippen molar-refractivity contribution in [3.05, 3.63) is 170 Å². The Hall–Kier alpha value is -2.03. The number of aromatic amines is 2. The fraction of sp³-hybridized carbons (Fsp3) is 0.413. The van der Waals surface area contributed by atoms with Gasteiger partial charge in [-0.3, -0.25) is 0 Å². The number of aryl methyl sites for hydroxylation is 2. The smallest absolute Gasteiger partial charge is 0.268 e. The van der Waals surface area contributed by atoms with E-state index in [4.69, 9.17) is 51.1 Å². The van der Waals surface area contributed by atoms with E-state index in [1.54, 1.807) is 87.1 Å². The molecule has 0 unspecified atom stereocenters. The third-order valence-electron chi connectivity index (χ3n) is 17.2. The molecular weight excluding hydrogens is 2000 g/mol. The second-order valence-electron chi connectivity index (χ2n) is 24.1. The molecule has 0 fully saturated rings. The van der Waals surface area contributed by atoms with Crippen LogP contribution in [0.15, 0.2) is 162 Å². The number of alkyl halides is 2. The van der Waals surface area contributed by atoms with Gasteiger partial charge in [0.15, 0.2) is 0 Å². The van der Waals surface area contributed by atoms with Crippen molar-refractivity contribution in [1.29, 1.82) is 0 Å². The summed E-state index contributed by atoms with van der Waals surface area (Å²) in [5.41, 5.74) is 5.80. The fourth-order valence-electron chi connectivity index (χ4n) is 11.6. The number of halogens is 7. The van der Waals surface area contributed by atoms with E-state index < -0.39 is 55.7 Å². The summed E-state index contributed by atoms with van der Waals surface area (Å²) in [7, 11) is 6.21. The number of rotatable bonds is 27. The topological polar surface area (TPSA) is 147 Å². The molecule has 2 N–H and O–H groups in total. The first kappa shape index (κ1) is 88.4. The van der Waals surface area contributed by atoms with Gasteiger partial charge in [0.2, 0.25) is 0 Å². The largest absolute Gasteiger partial charge is 0.497 e. The van der Waals surface area contributed by atoms with E-state index in [9.17, 15) is 16.8 Å². The summed E-state index contributed by atoms with van der Waals surface area (Å²) in [6, 6.07) is 39.3. The molecule has 0 aliphatic carbocycles. The van der Waals surface area contributed by atoms with Crippen LogP contribution in [0.5, 0.6) is 23.0 Å². The van der Waals surface area contributed by atoms with Crippen LogP contribution in [0.4, 0.5) is 0 Å². The normalized spacial score (nSPS) is 11.3. The van der Waals surface area contributed by atoms with Crippen LogP contribution >= 0.6 is 115 Å². The minimum absolute atomic E-state index is 0.194. The fourth-order valence-corrected chi connectivity index (χ4v) is 46.0. The van der Waals surface area contributed by atoms with Crippen molar-refractivity contribution < 1.29 is 35.8 Å². The summed E-state index contributed by atoms with van der Waals surface area (Å²) in [5.74, 6) is 3.30. The summed E-state index contributed by atoms with van der Waals surface area (Å²) in [4.78, 5) is 6.91. The monoisotopic (exact) mass is 2100 g/mol. The molecule has 0 atom stereocenters. The van der Waals surface area contributed by atoms with Gasteiger partial charge in [0.1, 0.15) is 17.2 Å². The number of unbranched alkanes of at least 4 members (excludes halogenated alkanes) is 6. The first-order valence-electron chi connectivity index (χ1n) is 33.6. The van der Waals surface area contributed by atoms with Gasteiger partial charge in [0.25, 0.3) is 10.0 Å². The minimum atomic E-state index is -3.69. The van der Waals surface area contributed by atoms with Crippen LogP contribution in [0.3, 0.4) is 0 Å². The zero-order valence-corrected chi connectivity index (χ0v) is 77.2. The van der Waals surface area contributed by atoms with Gasteiger partial charge in [-0.15, -0.1) is 23.2 Å². The predicted octanol–water partition coefficient (Wildman–Crippen LogP) is 24.8. The van der Waals surface area contributed by atoms with E-state index in [2.05, 4.69) is 140 Å². The van der Waals surface area contributed by atoms with Gasteiger partial charge in [0.05, 0.1) is 37.1 Å². The second-order valence-corrected chi connectivity index (χ2v) is 60.3. The maximum absolute atomic E-state index is 13.9. The Labute approximate surface area is 658 Å². The van der Waals surface area contributed by atoms with Crippen molar-refractivity contribution in [2.24, 2.45) is 0 Å². The Bertz CT molecular complexity index is 4150. The van der Waals surface area contributed by atoms with Crippen LogP contribution in [0, 0.1) is 21.0 Å². The zero-order chi connectivity index (χ0) is 72.5. The molecule has 0 saturated carbocycles. The number of aromatic nitrogens is 4. The van der Waals surface area contributed by atoms with Crippen molar-refractivity contribution in [1.82, 2.24) is 17.9 Å². The van der Waals surface area contributed by atoms with Gasteiger partial charge in [-0.25, -0.2) is 12.4 Å². The first-order chi connectivity index (χ1) is 47.1. The van der Waals surface area contributed by atoms with Crippen LogP contribution in [-0.4, -0.2) is 104 Å². The van der Waals surface area contributed by atoms with E-state index >= 15 is 0 Å². The summed E-state index contributed by atoms with van der Waals surface area (Å²) >= 11 is 13.2. The summed E-state index contributed by atoms with van der Waals surface area (Å²) in [5, 5.41) is 4.55. The molecule has 538 valence electrons. The predicted molar refractivity (Wildman–Crippen MR) is 460 cm³/mol. The number of H-pyrrole nitrogens is 2. The van der Waals surface area contributed by atoms with Gasteiger partial charge in [-0.2, -0.15) is 0 Å². The maximum Gasteiger partial charge on any atom is 0.268 e. The SMILES string of the molecule is CCC[CH2][Sn]([CH2]CCC)([CH2]CCC)[c]1cn(S(=O)(=O)c2ccc(C)cc2)c2ccc(OC)cc12.CCC[CH2][Sn]([Cl])([CH2]CCC)[CH2]CCC.COc1ccc2[nH]cc(I)c2c1.COc1ccc2[nH]ccc2c1.COc1ccc2c(c1)c(I)cn2S(=O)(=O)c1ccc(C)cc1.ClCCl.II. The van der Waals surface area contributed by atoms with Crippen LogP contribution in [0.2, 0.25) is 26.6 Å². The van der Waals surface area contributed by atoms with Gasteiger partial charge in [-0.1, -0.05) is 17.7 Å². The first-order valence-corrected chi connectivity index (χ1v) is 63.2. The minimum Gasteiger partial charge on any atom is -0.497 e. The second kappa shape index (κ2) is 46.0. The Kier molecular flexibility index (Phi) is 41.5. The van der Waals surface area contributed by atoms with E-state index in [0.29, 0.717) is 16.2 Å². The Morgan fingerprint density at radius 3 is 1.24 bits per heavy atom. The molecule has 4 aromatic heterocycles. The molecule has 0 aliphatic rings. The van der Waals surface area contributed by atoms with E-state index in [1.807, 2.05) is 105 Å². The molecule has 4 heterocycles. The van der Waals surface area contributed by atoms with Crippen LogP contribution in [-0.2, 0) is 20.0 Å². The zero-order valence-electron chi connectivity index (χ0n) is 59.0. The van der Waals surface area contributed by atoms with Gasteiger partial charge < -0.3 is 24.2 Å². The van der Waals surface area contributed by atoms with Crippen molar-refractivity contribution in [3.63, 3.8) is 0 Å². The van der Waals surface area contributed by atoms with E-state index in [1.165, 1.54) is 126 Å². The number of fused-ring (bicyclic) bond motifs is 4. The standard InChI is InChI=1S/C16H14INO3S.C16H14NO3S.C9H8INO.C9H9NO.6C4H9.CH2Cl2.ClH.I2.2Sn/c1-11-3-6-13(7-4-11)22(19,20)18-10-15(17)14-9-12(21-2)5-8-16(14)18;1-12-3-6-15(7-4-12)21(18,19)17-10-9-13-11-14(20-2)5-8-16(13)17;1-12-6-2-3-9-7(4-6)8(10)5-11-9;1-11-8-2-3-9-7(6-8)4-5-10-9;6*1-3-4-2;2-1-3;;1-2;;/h3-10H,1-2H3;3-8,10-11H,1-2H3;2-5,11H,1H3;2-6,10H,1H3;6*1,3-4H2,2H3;1H2;1H;;;/q;;;;;;;;;;;;;;+1/p-1. The molecule has 0 bridgehead atoms. The third kappa shape index (κ3) is 25.9. The number of nitrogens with one attached hydrogen (secondary N) is 2. The molecule has 0 amide bonds.